The van der Waals surface area contributed by atoms with Crippen molar-refractivity contribution in [2.45, 2.75) is 51.5 Å². The van der Waals surface area contributed by atoms with Crippen molar-refractivity contribution < 1.29 is 4.79 Å². The minimum absolute atomic E-state index is 0.00357. The number of benzene rings is 1. The monoisotopic (exact) mass is 260 g/mol. The van der Waals surface area contributed by atoms with Crippen LogP contribution in [0.5, 0.6) is 0 Å². The second kappa shape index (κ2) is 7.17. The molecule has 1 saturated carbocycles. The quantitative estimate of drug-likeness (QED) is 0.784. The molecule has 0 spiro atoms. The summed E-state index contributed by atoms with van der Waals surface area (Å²) in [6, 6.07) is 8.94. The number of urea groups is 1. The summed E-state index contributed by atoms with van der Waals surface area (Å²) in [7, 11) is 0. The lowest BCUT2D eigenvalue weighted by Crippen LogP contribution is -2.41. The Balaban J connectivity index is 1.59. The van der Waals surface area contributed by atoms with Gasteiger partial charge in [-0.25, -0.2) is 4.79 Å². The highest BCUT2D eigenvalue weighted by Crippen LogP contribution is 2.17. The van der Waals surface area contributed by atoms with E-state index in [9.17, 15) is 4.79 Å². The van der Waals surface area contributed by atoms with E-state index >= 15 is 0 Å². The molecule has 0 aromatic heterocycles. The summed E-state index contributed by atoms with van der Waals surface area (Å²) in [5.41, 5.74) is 2.64. The Morgan fingerprint density at radius 1 is 1.32 bits per heavy atom. The second-order valence-corrected chi connectivity index (χ2v) is 5.47. The van der Waals surface area contributed by atoms with Crippen molar-refractivity contribution >= 4 is 6.03 Å². The number of carbonyl (C=O) groups excluding carboxylic acids is 1. The fraction of sp³-hybridized carbons (Fsp3) is 0.562. The number of carbonyl (C=O) groups is 1. The molecular formula is C16H24N2O. The summed E-state index contributed by atoms with van der Waals surface area (Å²) in [5, 5.41) is 5.98. The van der Waals surface area contributed by atoms with Crippen molar-refractivity contribution in [1.29, 1.82) is 0 Å². The first-order valence-electron chi connectivity index (χ1n) is 7.34. The molecule has 1 fully saturated rings. The zero-order valence-electron chi connectivity index (χ0n) is 11.7. The average Bonchev–Trinajstić information content (AvgIpc) is 2.87. The fourth-order valence-corrected chi connectivity index (χ4v) is 2.67. The molecule has 0 heterocycles. The van der Waals surface area contributed by atoms with Crippen LogP contribution in [0.3, 0.4) is 0 Å². The molecule has 3 heteroatoms. The first-order chi connectivity index (χ1) is 9.24. The molecular weight excluding hydrogens is 236 g/mol. The van der Waals surface area contributed by atoms with Gasteiger partial charge < -0.3 is 10.6 Å². The van der Waals surface area contributed by atoms with Gasteiger partial charge in [-0.3, -0.25) is 0 Å². The highest BCUT2D eigenvalue weighted by Gasteiger charge is 2.16. The number of amides is 2. The molecule has 2 amide bonds. The van der Waals surface area contributed by atoms with Crippen LogP contribution < -0.4 is 10.6 Å². The van der Waals surface area contributed by atoms with Crippen LogP contribution in [0.4, 0.5) is 4.79 Å². The van der Waals surface area contributed by atoms with Gasteiger partial charge in [0.25, 0.3) is 0 Å². The zero-order valence-corrected chi connectivity index (χ0v) is 11.7. The molecule has 0 atom stereocenters. The molecule has 3 nitrogen and oxygen atoms in total. The molecule has 0 radical (unpaired) electrons. The summed E-state index contributed by atoms with van der Waals surface area (Å²) in [4.78, 5) is 11.6. The van der Waals surface area contributed by atoms with Crippen LogP contribution in [0.2, 0.25) is 0 Å². The van der Waals surface area contributed by atoms with Crippen molar-refractivity contribution in [2.24, 2.45) is 0 Å². The number of aryl methyl sites for hydroxylation is 2. The van der Waals surface area contributed by atoms with E-state index in [0.717, 1.165) is 32.2 Å². The van der Waals surface area contributed by atoms with Crippen molar-refractivity contribution in [3.8, 4) is 0 Å². The number of hydrogen-bond donors (Lipinski definition) is 2. The van der Waals surface area contributed by atoms with Gasteiger partial charge in [0.2, 0.25) is 0 Å². The Hall–Kier alpha value is -1.51. The SMILES string of the molecule is Cc1cccc(CCCNC(=O)NC2CCCC2)c1. The third-order valence-corrected chi connectivity index (χ3v) is 3.70. The van der Waals surface area contributed by atoms with Crippen LogP contribution in [0, 0.1) is 6.92 Å². The lowest BCUT2D eigenvalue weighted by Gasteiger charge is -2.12. The molecule has 0 saturated heterocycles. The van der Waals surface area contributed by atoms with Gasteiger partial charge in [0.1, 0.15) is 0 Å². The van der Waals surface area contributed by atoms with E-state index in [1.54, 1.807) is 0 Å². The molecule has 19 heavy (non-hydrogen) atoms. The largest absolute Gasteiger partial charge is 0.338 e. The fourth-order valence-electron chi connectivity index (χ4n) is 2.67. The third-order valence-electron chi connectivity index (χ3n) is 3.70. The maximum atomic E-state index is 11.6. The number of rotatable bonds is 5. The van der Waals surface area contributed by atoms with Crippen LogP contribution in [0.1, 0.15) is 43.2 Å². The normalized spacial score (nSPS) is 15.4. The van der Waals surface area contributed by atoms with Gasteiger partial charge in [-0.15, -0.1) is 0 Å². The van der Waals surface area contributed by atoms with Crippen molar-refractivity contribution in [2.75, 3.05) is 6.54 Å². The first-order valence-corrected chi connectivity index (χ1v) is 7.34. The van der Waals surface area contributed by atoms with E-state index in [4.69, 9.17) is 0 Å². The van der Waals surface area contributed by atoms with Gasteiger partial charge in [0, 0.05) is 12.6 Å². The summed E-state index contributed by atoms with van der Waals surface area (Å²) < 4.78 is 0. The van der Waals surface area contributed by atoms with Crippen LogP contribution in [-0.4, -0.2) is 18.6 Å². The molecule has 2 rings (SSSR count). The Kier molecular flexibility index (Phi) is 5.25. The predicted molar refractivity (Wildman–Crippen MR) is 78.3 cm³/mol. The Morgan fingerprint density at radius 2 is 2.11 bits per heavy atom. The van der Waals surface area contributed by atoms with E-state index < -0.39 is 0 Å². The van der Waals surface area contributed by atoms with Gasteiger partial charge in [0.15, 0.2) is 0 Å². The Labute approximate surface area is 115 Å². The third kappa shape index (κ3) is 4.93. The predicted octanol–water partition coefficient (Wildman–Crippen LogP) is 3.17. The molecule has 0 aliphatic heterocycles. The minimum atomic E-state index is -0.00357. The molecule has 0 bridgehead atoms. The Morgan fingerprint density at radius 3 is 2.84 bits per heavy atom. The van der Waals surface area contributed by atoms with Crippen LogP contribution >= 0.6 is 0 Å². The molecule has 1 aliphatic rings. The van der Waals surface area contributed by atoms with Gasteiger partial charge >= 0.3 is 6.03 Å². The topological polar surface area (TPSA) is 41.1 Å². The van der Waals surface area contributed by atoms with E-state index in [-0.39, 0.29) is 6.03 Å². The van der Waals surface area contributed by atoms with Crippen LogP contribution in [-0.2, 0) is 6.42 Å². The molecule has 1 aromatic carbocycles. The zero-order chi connectivity index (χ0) is 13.5. The number of nitrogens with one attached hydrogen (secondary N) is 2. The van der Waals surface area contributed by atoms with E-state index in [1.165, 1.54) is 24.0 Å². The average molecular weight is 260 g/mol. The molecule has 1 aromatic rings. The van der Waals surface area contributed by atoms with E-state index in [2.05, 4.69) is 41.8 Å². The van der Waals surface area contributed by atoms with Crippen LogP contribution in [0.25, 0.3) is 0 Å². The molecule has 104 valence electrons. The molecule has 2 N–H and O–H groups in total. The smallest absolute Gasteiger partial charge is 0.315 e. The van der Waals surface area contributed by atoms with Crippen molar-refractivity contribution in [3.05, 3.63) is 35.4 Å². The van der Waals surface area contributed by atoms with Crippen molar-refractivity contribution in [1.82, 2.24) is 10.6 Å². The first kappa shape index (κ1) is 13.9. The van der Waals surface area contributed by atoms with Gasteiger partial charge in [-0.2, -0.15) is 0 Å². The summed E-state index contributed by atoms with van der Waals surface area (Å²) in [5.74, 6) is 0. The van der Waals surface area contributed by atoms with E-state index in [0.29, 0.717) is 6.04 Å². The second-order valence-electron chi connectivity index (χ2n) is 5.47. The summed E-state index contributed by atoms with van der Waals surface area (Å²) in [6.07, 6.45) is 6.77. The summed E-state index contributed by atoms with van der Waals surface area (Å²) >= 11 is 0. The van der Waals surface area contributed by atoms with E-state index in [1.807, 2.05) is 0 Å². The Bertz CT molecular complexity index is 411. The van der Waals surface area contributed by atoms with Gasteiger partial charge in [0.05, 0.1) is 0 Å². The van der Waals surface area contributed by atoms with Gasteiger partial charge in [-0.05, 0) is 38.2 Å². The van der Waals surface area contributed by atoms with Crippen molar-refractivity contribution in [3.63, 3.8) is 0 Å². The molecule has 0 unspecified atom stereocenters. The minimum Gasteiger partial charge on any atom is -0.338 e. The molecule has 1 aliphatic carbocycles. The van der Waals surface area contributed by atoms with Gasteiger partial charge in [-0.1, -0.05) is 42.7 Å². The van der Waals surface area contributed by atoms with Crippen LogP contribution in [0.15, 0.2) is 24.3 Å². The highest BCUT2D eigenvalue weighted by atomic mass is 16.2. The lowest BCUT2D eigenvalue weighted by molar-refractivity contribution is 0.237. The summed E-state index contributed by atoms with van der Waals surface area (Å²) in [6.45, 7) is 2.85. The maximum Gasteiger partial charge on any atom is 0.315 e. The number of hydrogen-bond acceptors (Lipinski definition) is 1. The standard InChI is InChI=1S/C16H24N2O/c1-13-6-4-7-14(12-13)8-5-11-17-16(19)18-15-9-2-3-10-15/h4,6-7,12,15H,2-3,5,8-11H2,1H3,(H2,17,18,19). The lowest BCUT2D eigenvalue weighted by atomic mass is 10.1. The maximum absolute atomic E-state index is 11.6. The highest BCUT2D eigenvalue weighted by molar-refractivity contribution is 5.74.